The quantitative estimate of drug-likeness (QED) is 0.595. The predicted molar refractivity (Wildman–Crippen MR) is 118 cm³/mol. The van der Waals surface area contributed by atoms with Crippen molar-refractivity contribution in [2.75, 3.05) is 19.7 Å². The van der Waals surface area contributed by atoms with Gasteiger partial charge in [0, 0.05) is 24.0 Å². The van der Waals surface area contributed by atoms with Crippen LogP contribution >= 0.6 is 0 Å². The van der Waals surface area contributed by atoms with Crippen LogP contribution in [0.4, 0.5) is 0 Å². The molecule has 1 aliphatic heterocycles. The smallest absolute Gasteiger partial charge is 0.251 e. The maximum absolute atomic E-state index is 12.7. The number of benzene rings is 2. The van der Waals surface area contributed by atoms with Crippen molar-refractivity contribution in [3.05, 3.63) is 59.9 Å². The standard InChI is InChI=1S/C23H26N2O5S/c1-3-29-20-8-6-7-18-15-21(30-22(18)20)16(2)24-23(26)17-9-11-19(12-10-17)31(27,28)25-13-4-5-14-25/h6-12,15-16H,3-5,13-14H2,1-2H3,(H,24,26)/t16-/m0/s1. The summed E-state index contributed by atoms with van der Waals surface area (Å²) in [5.41, 5.74) is 1.04. The van der Waals surface area contributed by atoms with E-state index in [1.165, 1.54) is 28.6 Å². The van der Waals surface area contributed by atoms with Crippen LogP contribution in [0.3, 0.4) is 0 Å². The van der Waals surface area contributed by atoms with Crippen LogP contribution in [-0.4, -0.2) is 38.3 Å². The van der Waals surface area contributed by atoms with Gasteiger partial charge in [0.2, 0.25) is 10.0 Å². The fraction of sp³-hybridized carbons (Fsp3) is 0.348. The molecule has 164 valence electrons. The van der Waals surface area contributed by atoms with Gasteiger partial charge in [0.05, 0.1) is 17.5 Å². The van der Waals surface area contributed by atoms with Gasteiger partial charge in [-0.05, 0) is 63.1 Å². The first-order chi connectivity index (χ1) is 14.9. The molecule has 31 heavy (non-hydrogen) atoms. The summed E-state index contributed by atoms with van der Waals surface area (Å²) >= 11 is 0. The zero-order valence-corrected chi connectivity index (χ0v) is 18.4. The van der Waals surface area contributed by atoms with Crippen LogP contribution in [-0.2, 0) is 10.0 Å². The average Bonchev–Trinajstić information content (AvgIpc) is 3.45. The second kappa shape index (κ2) is 8.72. The van der Waals surface area contributed by atoms with E-state index in [2.05, 4.69) is 5.32 Å². The minimum Gasteiger partial charge on any atom is -0.490 e. The van der Waals surface area contributed by atoms with Crippen LogP contribution in [0.1, 0.15) is 48.8 Å². The Bertz CT molecular complexity index is 1180. The molecule has 1 aromatic heterocycles. The van der Waals surface area contributed by atoms with E-state index in [9.17, 15) is 13.2 Å². The largest absolute Gasteiger partial charge is 0.490 e. The number of furan rings is 1. The van der Waals surface area contributed by atoms with Gasteiger partial charge in [0.15, 0.2) is 11.3 Å². The van der Waals surface area contributed by atoms with Crippen molar-refractivity contribution in [1.29, 1.82) is 0 Å². The fourth-order valence-corrected chi connectivity index (χ4v) is 5.26. The lowest BCUT2D eigenvalue weighted by atomic mass is 10.1. The molecule has 0 bridgehead atoms. The molecule has 2 aromatic carbocycles. The molecule has 0 saturated carbocycles. The molecule has 3 aromatic rings. The number of carbonyl (C=O) groups is 1. The SMILES string of the molecule is CCOc1cccc2cc([C@H](C)NC(=O)c3ccc(S(=O)(=O)N4CCCC4)cc3)oc12. The van der Waals surface area contributed by atoms with Crippen LogP contribution in [0, 0.1) is 0 Å². The highest BCUT2D eigenvalue weighted by atomic mass is 32.2. The summed E-state index contributed by atoms with van der Waals surface area (Å²) in [4.78, 5) is 12.9. The van der Waals surface area contributed by atoms with Crippen molar-refractivity contribution < 1.29 is 22.4 Å². The van der Waals surface area contributed by atoms with Crippen molar-refractivity contribution in [2.24, 2.45) is 0 Å². The Morgan fingerprint density at radius 2 is 1.87 bits per heavy atom. The first-order valence-electron chi connectivity index (χ1n) is 10.5. The van der Waals surface area contributed by atoms with Gasteiger partial charge >= 0.3 is 0 Å². The molecule has 1 fully saturated rings. The number of hydrogen-bond donors (Lipinski definition) is 1. The van der Waals surface area contributed by atoms with Gasteiger partial charge in [0.1, 0.15) is 5.76 Å². The Labute approximate surface area is 182 Å². The van der Waals surface area contributed by atoms with E-state index in [0.717, 1.165) is 18.2 Å². The highest BCUT2D eigenvalue weighted by molar-refractivity contribution is 7.89. The lowest BCUT2D eigenvalue weighted by Gasteiger charge is -2.16. The third kappa shape index (κ3) is 4.31. The second-order valence-corrected chi connectivity index (χ2v) is 9.52. The van der Waals surface area contributed by atoms with E-state index >= 15 is 0 Å². The number of fused-ring (bicyclic) bond motifs is 1. The van der Waals surface area contributed by atoms with Crippen molar-refractivity contribution in [1.82, 2.24) is 9.62 Å². The fourth-order valence-electron chi connectivity index (χ4n) is 3.75. The molecular weight excluding hydrogens is 416 g/mol. The van der Waals surface area contributed by atoms with E-state index in [0.29, 0.717) is 42.4 Å². The summed E-state index contributed by atoms with van der Waals surface area (Å²) in [6.45, 7) is 5.37. The van der Waals surface area contributed by atoms with E-state index in [1.807, 2.05) is 38.1 Å². The number of para-hydroxylation sites is 1. The van der Waals surface area contributed by atoms with E-state index in [1.54, 1.807) is 0 Å². The Balaban J connectivity index is 1.48. The summed E-state index contributed by atoms with van der Waals surface area (Å²) in [5.74, 6) is 0.978. The lowest BCUT2D eigenvalue weighted by Crippen LogP contribution is -2.28. The van der Waals surface area contributed by atoms with Crippen LogP contribution in [0.2, 0.25) is 0 Å². The summed E-state index contributed by atoms with van der Waals surface area (Å²) in [6.07, 6.45) is 1.76. The molecule has 0 unspecified atom stereocenters. The van der Waals surface area contributed by atoms with Crippen LogP contribution in [0.15, 0.2) is 57.8 Å². The predicted octanol–water partition coefficient (Wildman–Crippen LogP) is 4.11. The van der Waals surface area contributed by atoms with Gasteiger partial charge < -0.3 is 14.5 Å². The first-order valence-corrected chi connectivity index (χ1v) is 11.9. The van der Waals surface area contributed by atoms with Crippen molar-refractivity contribution in [2.45, 2.75) is 37.6 Å². The number of hydrogen-bond acceptors (Lipinski definition) is 5. The minimum atomic E-state index is -3.50. The Hall–Kier alpha value is -2.84. The Morgan fingerprint density at radius 3 is 2.55 bits per heavy atom. The molecule has 4 rings (SSSR count). The van der Waals surface area contributed by atoms with Crippen LogP contribution in [0.5, 0.6) is 5.75 Å². The van der Waals surface area contributed by atoms with Crippen molar-refractivity contribution in [3.8, 4) is 5.75 Å². The number of amides is 1. The first kappa shape index (κ1) is 21.4. The minimum absolute atomic E-state index is 0.208. The number of rotatable bonds is 7. The van der Waals surface area contributed by atoms with Crippen LogP contribution < -0.4 is 10.1 Å². The number of carbonyl (C=O) groups excluding carboxylic acids is 1. The molecule has 0 radical (unpaired) electrons. The Morgan fingerprint density at radius 1 is 1.16 bits per heavy atom. The molecule has 1 aliphatic rings. The summed E-state index contributed by atoms with van der Waals surface area (Å²) in [6, 6.07) is 13.2. The second-order valence-electron chi connectivity index (χ2n) is 7.59. The molecule has 8 heteroatoms. The van der Waals surface area contributed by atoms with Gasteiger partial charge in [-0.1, -0.05) is 12.1 Å². The van der Waals surface area contributed by atoms with Crippen LogP contribution in [0.25, 0.3) is 11.0 Å². The molecule has 7 nitrogen and oxygen atoms in total. The van der Waals surface area contributed by atoms with Crippen molar-refractivity contribution >= 4 is 26.9 Å². The maximum Gasteiger partial charge on any atom is 0.251 e. The lowest BCUT2D eigenvalue weighted by molar-refractivity contribution is 0.0935. The monoisotopic (exact) mass is 442 g/mol. The molecule has 1 saturated heterocycles. The molecule has 1 N–H and O–H groups in total. The number of nitrogens with zero attached hydrogens (tertiary/aromatic N) is 1. The highest BCUT2D eigenvalue weighted by Gasteiger charge is 2.27. The number of ether oxygens (including phenoxy) is 1. The average molecular weight is 443 g/mol. The topological polar surface area (TPSA) is 88.8 Å². The van der Waals surface area contributed by atoms with Crippen molar-refractivity contribution in [3.63, 3.8) is 0 Å². The molecule has 2 heterocycles. The van der Waals surface area contributed by atoms with Gasteiger partial charge in [-0.3, -0.25) is 4.79 Å². The van der Waals surface area contributed by atoms with Gasteiger partial charge in [-0.2, -0.15) is 4.31 Å². The number of sulfonamides is 1. The van der Waals surface area contributed by atoms with Gasteiger partial charge in [0.25, 0.3) is 5.91 Å². The third-order valence-corrected chi connectivity index (χ3v) is 7.33. The Kier molecular flexibility index (Phi) is 6.02. The maximum atomic E-state index is 12.7. The zero-order chi connectivity index (χ0) is 22.0. The molecule has 1 atom stereocenters. The molecule has 0 aliphatic carbocycles. The summed E-state index contributed by atoms with van der Waals surface area (Å²) in [5, 5.41) is 3.81. The van der Waals surface area contributed by atoms with E-state index in [4.69, 9.17) is 9.15 Å². The summed E-state index contributed by atoms with van der Waals surface area (Å²) < 4.78 is 38.3. The zero-order valence-electron chi connectivity index (χ0n) is 17.6. The molecule has 1 amide bonds. The third-order valence-electron chi connectivity index (χ3n) is 5.42. The highest BCUT2D eigenvalue weighted by Crippen LogP contribution is 2.31. The molecule has 0 spiro atoms. The normalized spacial score (nSPS) is 15.8. The van der Waals surface area contributed by atoms with E-state index in [-0.39, 0.29) is 16.8 Å². The van der Waals surface area contributed by atoms with Gasteiger partial charge in [-0.15, -0.1) is 0 Å². The number of nitrogens with one attached hydrogen (secondary N) is 1. The summed E-state index contributed by atoms with van der Waals surface area (Å²) in [7, 11) is -3.50. The molecular formula is C23H26N2O5S. The van der Waals surface area contributed by atoms with E-state index < -0.39 is 10.0 Å². The van der Waals surface area contributed by atoms with Gasteiger partial charge in [-0.25, -0.2) is 8.42 Å².